The third kappa shape index (κ3) is 5.38. The number of nitrogens with zero attached hydrogens (tertiary/aromatic N) is 2. The Labute approximate surface area is 226 Å². The molecule has 2 unspecified atom stereocenters. The van der Waals surface area contributed by atoms with Gasteiger partial charge in [-0.1, -0.05) is 0 Å². The monoisotopic (exact) mass is 550 g/mol. The number of thioether (sulfide) groups is 2. The third-order valence-electron chi connectivity index (χ3n) is 7.30. The fourth-order valence-corrected chi connectivity index (χ4v) is 7.79. The Morgan fingerprint density at radius 1 is 0.833 bits per heavy atom. The van der Waals surface area contributed by atoms with E-state index in [0.717, 1.165) is 34.2 Å². The van der Waals surface area contributed by atoms with Crippen molar-refractivity contribution in [2.45, 2.75) is 64.5 Å². The Kier molecular flexibility index (Phi) is 7.92. The summed E-state index contributed by atoms with van der Waals surface area (Å²) in [6.07, 6.45) is 5.89. The molecule has 4 heterocycles. The molecule has 0 spiro atoms. The van der Waals surface area contributed by atoms with E-state index in [4.69, 9.17) is 12.2 Å². The first-order valence-electron chi connectivity index (χ1n) is 12.4. The van der Waals surface area contributed by atoms with Gasteiger partial charge in [0.1, 0.15) is 0 Å². The van der Waals surface area contributed by atoms with E-state index in [1.54, 1.807) is 35.7 Å². The molecule has 0 radical (unpaired) electrons. The van der Waals surface area contributed by atoms with Crippen LogP contribution in [0.5, 0.6) is 0 Å². The normalized spacial score (nSPS) is 24.4. The molecule has 0 saturated carbocycles. The van der Waals surface area contributed by atoms with E-state index in [0.29, 0.717) is 31.0 Å². The molecule has 2 fully saturated rings. The van der Waals surface area contributed by atoms with Crippen molar-refractivity contribution in [1.29, 1.82) is 0 Å². The summed E-state index contributed by atoms with van der Waals surface area (Å²) in [5.74, 6) is 0.699. The van der Waals surface area contributed by atoms with Gasteiger partial charge in [-0.3, -0.25) is 29.0 Å². The number of nitrogens with one attached hydrogen (secondary N) is 2. The van der Waals surface area contributed by atoms with Gasteiger partial charge in [0.25, 0.3) is 11.8 Å². The van der Waals surface area contributed by atoms with E-state index in [1.165, 1.54) is 9.80 Å². The van der Waals surface area contributed by atoms with Crippen LogP contribution in [0.25, 0.3) is 0 Å². The molecular formula is C25H34N4O4S3. The molecule has 0 aromatic rings. The van der Waals surface area contributed by atoms with Crippen LogP contribution in [0.15, 0.2) is 22.0 Å². The first kappa shape index (κ1) is 27.2. The number of fused-ring (bicyclic) bond motifs is 2. The van der Waals surface area contributed by atoms with Gasteiger partial charge in [0, 0.05) is 46.1 Å². The van der Waals surface area contributed by atoms with Crippen molar-refractivity contribution < 1.29 is 19.2 Å². The first-order valence-corrected chi connectivity index (χ1v) is 14.8. The van der Waals surface area contributed by atoms with Crippen molar-refractivity contribution >= 4 is 64.5 Å². The van der Waals surface area contributed by atoms with E-state index in [-0.39, 0.29) is 35.5 Å². The predicted octanol–water partition coefficient (Wildman–Crippen LogP) is 2.80. The molecule has 4 aliphatic heterocycles. The quantitative estimate of drug-likeness (QED) is 0.349. The number of hydrogen-bond acceptors (Lipinski definition) is 7. The van der Waals surface area contributed by atoms with Gasteiger partial charge in [-0.05, 0) is 77.1 Å². The largest absolute Gasteiger partial charge is 0.363 e. The summed E-state index contributed by atoms with van der Waals surface area (Å²) in [6.45, 7) is 8.59. The van der Waals surface area contributed by atoms with Gasteiger partial charge in [-0.15, -0.1) is 23.5 Å². The Morgan fingerprint density at radius 2 is 1.22 bits per heavy atom. The summed E-state index contributed by atoms with van der Waals surface area (Å²) in [5.41, 5.74) is -1.29. The topological polar surface area (TPSA) is 98.8 Å². The van der Waals surface area contributed by atoms with Gasteiger partial charge in [0.05, 0.1) is 11.8 Å². The number of carbonyl (C=O) groups is 4. The van der Waals surface area contributed by atoms with Crippen LogP contribution >= 0.6 is 35.7 Å². The minimum atomic E-state index is -0.645. The van der Waals surface area contributed by atoms with Crippen LogP contribution in [-0.2, 0) is 19.2 Å². The van der Waals surface area contributed by atoms with Gasteiger partial charge < -0.3 is 10.6 Å². The number of carbonyl (C=O) groups excluding carboxylic acids is 4. The lowest BCUT2D eigenvalue weighted by molar-refractivity contribution is -0.153. The molecule has 0 aromatic heterocycles. The number of rotatable bonds is 8. The predicted molar refractivity (Wildman–Crippen MR) is 147 cm³/mol. The van der Waals surface area contributed by atoms with Crippen LogP contribution in [0.3, 0.4) is 0 Å². The molecule has 2 atom stereocenters. The Bertz CT molecular complexity index is 972. The van der Waals surface area contributed by atoms with Crippen LogP contribution in [0.2, 0.25) is 0 Å². The summed E-state index contributed by atoms with van der Waals surface area (Å²) >= 11 is 8.62. The lowest BCUT2D eigenvalue weighted by Crippen LogP contribution is -2.56. The first-order chi connectivity index (χ1) is 16.9. The number of amides is 4. The van der Waals surface area contributed by atoms with E-state index in [9.17, 15) is 19.2 Å². The van der Waals surface area contributed by atoms with Gasteiger partial charge >= 0.3 is 0 Å². The van der Waals surface area contributed by atoms with Crippen molar-refractivity contribution in [2.75, 3.05) is 24.6 Å². The summed E-state index contributed by atoms with van der Waals surface area (Å²) in [7, 11) is 0. The van der Waals surface area contributed by atoms with Gasteiger partial charge in [0.2, 0.25) is 11.8 Å². The van der Waals surface area contributed by atoms with E-state index in [2.05, 4.69) is 10.6 Å². The molecule has 0 bridgehead atoms. The van der Waals surface area contributed by atoms with Gasteiger partial charge in [0.15, 0.2) is 5.11 Å². The van der Waals surface area contributed by atoms with Crippen molar-refractivity contribution in [1.82, 2.24) is 20.4 Å². The zero-order chi connectivity index (χ0) is 26.3. The maximum atomic E-state index is 13.0. The fourth-order valence-electron chi connectivity index (χ4n) is 5.19. The Morgan fingerprint density at radius 3 is 1.61 bits per heavy atom. The highest BCUT2D eigenvalue weighted by Gasteiger charge is 2.46. The second kappa shape index (κ2) is 10.5. The average Bonchev–Trinajstić information content (AvgIpc) is 3.42. The Balaban J connectivity index is 1.24. The highest BCUT2D eigenvalue weighted by atomic mass is 32.2. The van der Waals surface area contributed by atoms with E-state index < -0.39 is 11.1 Å². The maximum Gasteiger partial charge on any atom is 0.254 e. The zero-order valence-electron chi connectivity index (χ0n) is 21.2. The zero-order valence-corrected chi connectivity index (χ0v) is 23.7. The lowest BCUT2D eigenvalue weighted by Gasteiger charge is -2.40. The molecule has 0 aromatic carbocycles. The third-order valence-corrected chi connectivity index (χ3v) is 9.94. The van der Waals surface area contributed by atoms with E-state index in [1.807, 2.05) is 27.7 Å². The van der Waals surface area contributed by atoms with Crippen LogP contribution in [0.4, 0.5) is 0 Å². The molecule has 11 heteroatoms. The van der Waals surface area contributed by atoms with Crippen molar-refractivity contribution in [3.05, 3.63) is 22.0 Å². The molecule has 36 heavy (non-hydrogen) atoms. The van der Waals surface area contributed by atoms with Crippen LogP contribution in [0, 0.1) is 11.8 Å². The van der Waals surface area contributed by atoms with Crippen LogP contribution < -0.4 is 10.6 Å². The lowest BCUT2D eigenvalue weighted by atomic mass is 9.91. The minimum absolute atomic E-state index is 0.101. The number of imide groups is 2. The van der Waals surface area contributed by atoms with Crippen LogP contribution in [-0.4, -0.2) is 74.2 Å². The molecule has 0 aliphatic carbocycles. The van der Waals surface area contributed by atoms with Crippen LogP contribution in [0.1, 0.15) is 53.4 Å². The molecule has 4 rings (SSSR count). The second-order valence-electron chi connectivity index (χ2n) is 10.8. The maximum absolute atomic E-state index is 13.0. The highest BCUT2D eigenvalue weighted by molar-refractivity contribution is 8.03. The van der Waals surface area contributed by atoms with Crippen molar-refractivity contribution in [3.8, 4) is 0 Å². The Hall–Kier alpha value is -1.85. The summed E-state index contributed by atoms with van der Waals surface area (Å²) in [6, 6.07) is 0. The summed E-state index contributed by atoms with van der Waals surface area (Å²) in [5, 5.41) is 6.77. The molecule has 8 nitrogen and oxygen atoms in total. The van der Waals surface area contributed by atoms with E-state index >= 15 is 0 Å². The molecular weight excluding hydrogens is 517 g/mol. The molecule has 4 aliphatic rings. The minimum Gasteiger partial charge on any atom is -0.363 e. The number of hydrogen-bond donors (Lipinski definition) is 2. The molecule has 2 N–H and O–H groups in total. The summed E-state index contributed by atoms with van der Waals surface area (Å²) in [4.78, 5) is 55.9. The van der Waals surface area contributed by atoms with Crippen molar-refractivity contribution in [2.24, 2.45) is 11.8 Å². The standard InChI is InChI=1S/C25H34N4O4S3/c1-24(2,28-19(30)13-17-15(21(28)32)5-11-35-17)7-9-26-23(34)27-10-8-25(3,4)29-20(31)14-18-16(22(29)33)6-12-36-18/h13-16H,5-12H2,1-4H3,(H2,26,27,34). The fraction of sp³-hybridized carbons (Fsp3) is 0.640. The molecule has 196 valence electrons. The highest BCUT2D eigenvalue weighted by Crippen LogP contribution is 2.42. The second-order valence-corrected chi connectivity index (χ2v) is 13.5. The molecule has 4 amide bonds. The molecule has 2 saturated heterocycles. The smallest absolute Gasteiger partial charge is 0.254 e. The summed E-state index contributed by atoms with van der Waals surface area (Å²) < 4.78 is 0. The van der Waals surface area contributed by atoms with Crippen molar-refractivity contribution in [3.63, 3.8) is 0 Å². The van der Waals surface area contributed by atoms with Gasteiger partial charge in [-0.25, -0.2) is 0 Å². The number of thiocarbonyl (C=S) groups is 1. The van der Waals surface area contributed by atoms with Gasteiger partial charge in [-0.2, -0.15) is 0 Å². The average molecular weight is 551 g/mol. The SMILES string of the molecule is CC(C)(CCNC(=S)NCCC(C)(C)N1C(=O)C=C2SCCC2C1=O)N1C(=O)C=C2SCCC2C1=O.